The number of anilines is 1. The molecule has 0 aliphatic carbocycles. The summed E-state index contributed by atoms with van der Waals surface area (Å²) in [5, 5.41) is 3.13. The molecule has 2 aliphatic heterocycles. The van der Waals surface area contributed by atoms with E-state index < -0.39 is 5.82 Å². The van der Waals surface area contributed by atoms with Gasteiger partial charge in [0.2, 0.25) is 5.91 Å². The Bertz CT molecular complexity index is 1270. The van der Waals surface area contributed by atoms with Gasteiger partial charge >= 0.3 is 0 Å². The summed E-state index contributed by atoms with van der Waals surface area (Å²) in [5.74, 6) is 0.771. The Hall–Kier alpha value is -3.23. The zero-order valence-corrected chi connectivity index (χ0v) is 19.5. The van der Waals surface area contributed by atoms with Crippen LogP contribution in [0.3, 0.4) is 0 Å². The number of rotatable bonds is 5. The normalized spacial score (nSPS) is 16.7. The summed E-state index contributed by atoms with van der Waals surface area (Å²) in [6.45, 7) is 0.787. The topological polar surface area (TPSA) is 67.9 Å². The van der Waals surface area contributed by atoms with Crippen LogP contribution in [-0.2, 0) is 11.3 Å². The van der Waals surface area contributed by atoms with Crippen molar-refractivity contribution in [1.29, 1.82) is 0 Å². The number of halogens is 2. The van der Waals surface area contributed by atoms with Crippen molar-refractivity contribution in [1.82, 2.24) is 5.32 Å². The molecule has 5 rings (SSSR count). The third-order valence-corrected chi connectivity index (χ3v) is 6.96. The van der Waals surface area contributed by atoms with Gasteiger partial charge in [-0.25, -0.2) is 4.39 Å². The first-order valence-corrected chi connectivity index (χ1v) is 12.0. The molecule has 1 unspecified atom stereocenters. The number of carbonyl (C=O) groups is 2. The zero-order chi connectivity index (χ0) is 23.7. The lowest BCUT2D eigenvalue weighted by atomic mass is 10.1. The monoisotopic (exact) mass is 498 g/mol. The van der Waals surface area contributed by atoms with Crippen LogP contribution in [0.1, 0.15) is 15.9 Å². The Morgan fingerprint density at radius 1 is 1.15 bits per heavy atom. The fourth-order valence-electron chi connectivity index (χ4n) is 3.81. The van der Waals surface area contributed by atoms with Gasteiger partial charge in [-0.05, 0) is 48.0 Å². The predicted octanol–water partition coefficient (Wildman–Crippen LogP) is 4.69. The Morgan fingerprint density at radius 2 is 1.97 bits per heavy atom. The van der Waals surface area contributed by atoms with Crippen LogP contribution >= 0.6 is 23.4 Å². The van der Waals surface area contributed by atoms with Crippen molar-refractivity contribution >= 4 is 40.9 Å². The van der Waals surface area contributed by atoms with E-state index in [2.05, 4.69) is 5.32 Å². The zero-order valence-electron chi connectivity index (χ0n) is 17.9. The molecule has 0 radical (unpaired) electrons. The molecule has 0 saturated heterocycles. The predicted molar refractivity (Wildman–Crippen MR) is 128 cm³/mol. The molecule has 3 aromatic rings. The van der Waals surface area contributed by atoms with Crippen LogP contribution in [0.25, 0.3) is 0 Å². The van der Waals surface area contributed by atoms with Gasteiger partial charge in [-0.2, -0.15) is 0 Å². The second-order valence-corrected chi connectivity index (χ2v) is 9.32. The first-order valence-electron chi connectivity index (χ1n) is 10.7. The van der Waals surface area contributed by atoms with Crippen molar-refractivity contribution in [3.63, 3.8) is 0 Å². The summed E-state index contributed by atoms with van der Waals surface area (Å²) < 4.78 is 25.0. The number of hydrogen-bond donors (Lipinski definition) is 1. The number of amides is 2. The minimum atomic E-state index is -0.440. The molecule has 0 fully saturated rings. The Balaban J connectivity index is 1.30. The molecule has 2 aliphatic rings. The van der Waals surface area contributed by atoms with Gasteiger partial charge in [0.05, 0.1) is 24.5 Å². The van der Waals surface area contributed by atoms with Gasteiger partial charge in [-0.15, -0.1) is 11.8 Å². The Kier molecular flexibility index (Phi) is 6.34. The van der Waals surface area contributed by atoms with Gasteiger partial charge in [0.25, 0.3) is 5.91 Å². The maximum atomic E-state index is 13.4. The Morgan fingerprint density at radius 3 is 2.79 bits per heavy atom. The van der Waals surface area contributed by atoms with E-state index >= 15 is 0 Å². The molecule has 0 bridgehead atoms. The molecular weight excluding hydrogens is 479 g/mol. The highest BCUT2D eigenvalue weighted by Crippen LogP contribution is 2.37. The molecule has 0 aromatic heterocycles. The Labute approximate surface area is 205 Å². The highest BCUT2D eigenvalue weighted by Gasteiger charge is 2.27. The van der Waals surface area contributed by atoms with Crippen LogP contribution in [0.4, 0.5) is 10.1 Å². The number of carbonyl (C=O) groups excluding carboxylic acids is 2. The van der Waals surface area contributed by atoms with Crippen LogP contribution in [0.15, 0.2) is 65.6 Å². The highest BCUT2D eigenvalue weighted by molar-refractivity contribution is 8.00. The van der Waals surface area contributed by atoms with Crippen molar-refractivity contribution in [2.24, 2.45) is 0 Å². The average Bonchev–Trinajstić information content (AvgIpc) is 2.85. The van der Waals surface area contributed by atoms with E-state index in [1.54, 1.807) is 23.1 Å². The van der Waals surface area contributed by atoms with Gasteiger partial charge in [-0.3, -0.25) is 9.59 Å². The third-order valence-electron chi connectivity index (χ3n) is 5.57. The van der Waals surface area contributed by atoms with Gasteiger partial charge < -0.3 is 19.7 Å². The number of para-hydroxylation sites is 2. The molecule has 6 nitrogen and oxygen atoms in total. The maximum absolute atomic E-state index is 13.4. The number of hydrogen-bond acceptors (Lipinski definition) is 5. The molecular formula is C25H20ClFN2O4S. The van der Waals surface area contributed by atoms with Gasteiger partial charge in [0, 0.05) is 15.5 Å². The van der Waals surface area contributed by atoms with E-state index in [-0.39, 0.29) is 41.8 Å². The molecule has 3 aromatic carbocycles. The molecule has 1 atom stereocenters. The standard InChI is InChI=1S/C25H20ClFN2O4S/c26-19-10-17(27)7-5-16(19)12-29-20-9-15(6-8-23(20)34-14-24(29)30)25(31)28-11-18-13-32-21-3-1-2-4-22(21)33-18/h1-10,18H,11-14H2,(H,28,31). The van der Waals surface area contributed by atoms with Gasteiger partial charge in [0.15, 0.2) is 11.5 Å². The number of nitrogens with one attached hydrogen (secondary N) is 1. The number of fused-ring (bicyclic) bond motifs is 2. The minimum Gasteiger partial charge on any atom is -0.486 e. The average molecular weight is 499 g/mol. The van der Waals surface area contributed by atoms with Crippen LogP contribution in [0, 0.1) is 5.82 Å². The molecule has 2 heterocycles. The molecule has 2 amide bonds. The number of nitrogens with zero attached hydrogens (tertiary/aromatic N) is 1. The first kappa shape index (κ1) is 22.6. The van der Waals surface area contributed by atoms with E-state index in [1.807, 2.05) is 30.3 Å². The summed E-state index contributed by atoms with van der Waals surface area (Å²) in [5.41, 5.74) is 1.67. The van der Waals surface area contributed by atoms with Crippen LogP contribution < -0.4 is 19.7 Å². The fourth-order valence-corrected chi connectivity index (χ4v) is 4.95. The molecule has 0 saturated carbocycles. The van der Waals surface area contributed by atoms with Gasteiger partial charge in [0.1, 0.15) is 18.5 Å². The van der Waals surface area contributed by atoms with Crippen molar-refractivity contribution < 1.29 is 23.5 Å². The van der Waals surface area contributed by atoms with Crippen molar-refractivity contribution in [3.05, 3.63) is 82.6 Å². The maximum Gasteiger partial charge on any atom is 0.251 e. The smallest absolute Gasteiger partial charge is 0.251 e. The number of benzene rings is 3. The largest absolute Gasteiger partial charge is 0.486 e. The second-order valence-electron chi connectivity index (χ2n) is 7.89. The fraction of sp³-hybridized carbons (Fsp3) is 0.200. The quantitative estimate of drug-likeness (QED) is 0.553. The van der Waals surface area contributed by atoms with Crippen molar-refractivity contribution in [2.45, 2.75) is 17.5 Å². The summed E-state index contributed by atoms with van der Waals surface area (Å²) in [7, 11) is 0. The van der Waals surface area contributed by atoms with Crippen molar-refractivity contribution in [2.75, 3.05) is 23.8 Å². The SMILES string of the molecule is O=C(NCC1COc2ccccc2O1)c1ccc2c(c1)N(Cc1ccc(F)cc1Cl)C(=O)CS2. The molecule has 174 valence electrons. The lowest BCUT2D eigenvalue weighted by Crippen LogP contribution is -2.41. The lowest BCUT2D eigenvalue weighted by molar-refractivity contribution is -0.116. The molecule has 34 heavy (non-hydrogen) atoms. The third kappa shape index (κ3) is 4.69. The summed E-state index contributed by atoms with van der Waals surface area (Å²) in [4.78, 5) is 28.1. The van der Waals surface area contributed by atoms with E-state index in [4.69, 9.17) is 21.1 Å². The molecule has 9 heteroatoms. The molecule has 1 N–H and O–H groups in total. The van der Waals surface area contributed by atoms with E-state index in [0.717, 1.165) is 4.90 Å². The van der Waals surface area contributed by atoms with Crippen LogP contribution in [0.2, 0.25) is 5.02 Å². The summed E-state index contributed by atoms with van der Waals surface area (Å²) in [6.07, 6.45) is -0.314. The minimum absolute atomic E-state index is 0.109. The van der Waals surface area contributed by atoms with E-state index in [0.29, 0.717) is 34.9 Å². The molecule has 0 spiro atoms. The van der Waals surface area contributed by atoms with E-state index in [9.17, 15) is 14.0 Å². The number of ether oxygens (including phenoxy) is 2. The van der Waals surface area contributed by atoms with Crippen LogP contribution in [0.5, 0.6) is 11.5 Å². The first-order chi connectivity index (χ1) is 16.5. The lowest BCUT2D eigenvalue weighted by Gasteiger charge is -2.30. The van der Waals surface area contributed by atoms with E-state index in [1.165, 1.54) is 23.9 Å². The second kappa shape index (κ2) is 9.56. The highest BCUT2D eigenvalue weighted by atomic mass is 35.5. The van der Waals surface area contributed by atoms with Crippen molar-refractivity contribution in [3.8, 4) is 11.5 Å². The summed E-state index contributed by atoms with van der Waals surface area (Å²) >= 11 is 7.60. The summed E-state index contributed by atoms with van der Waals surface area (Å²) in [6, 6.07) is 16.7. The van der Waals surface area contributed by atoms with Gasteiger partial charge in [-0.1, -0.05) is 29.8 Å². The van der Waals surface area contributed by atoms with Crippen LogP contribution in [-0.4, -0.2) is 36.8 Å². The number of thioether (sulfide) groups is 1.